The average Bonchev–Trinajstić information content (AvgIpc) is 3.25. The number of carboxylic acids is 2. The first-order valence-corrected chi connectivity index (χ1v) is 9.25. The maximum Gasteiger partial charge on any atom is 0.328 e. The predicted molar refractivity (Wildman–Crippen MR) is 107 cm³/mol. The second kappa shape index (κ2) is 11.5. The molecule has 0 aromatic heterocycles. The molecule has 9 heteroatoms. The Kier molecular flexibility index (Phi) is 8.81. The van der Waals surface area contributed by atoms with E-state index in [2.05, 4.69) is 11.4 Å². The Morgan fingerprint density at radius 2 is 1.87 bits per heavy atom. The number of aliphatic carboxylic acids is 2. The number of nitriles is 1. The van der Waals surface area contributed by atoms with E-state index in [1.54, 1.807) is 18.2 Å². The van der Waals surface area contributed by atoms with Crippen molar-refractivity contribution < 1.29 is 33.3 Å². The molecule has 1 saturated heterocycles. The van der Waals surface area contributed by atoms with Gasteiger partial charge in [-0.2, -0.15) is 5.26 Å². The lowest BCUT2D eigenvalue weighted by Crippen LogP contribution is -2.17. The number of halogens is 2. The molecular weight excluding hydrogens is 410 g/mol. The third-order valence-electron chi connectivity index (χ3n) is 4.36. The third kappa shape index (κ3) is 7.29. The lowest BCUT2D eigenvalue weighted by atomic mass is 9.96. The molecule has 31 heavy (non-hydrogen) atoms. The molecule has 3 rings (SSSR count). The molecular formula is C22H20F2N2O5. The fourth-order valence-electron chi connectivity index (χ4n) is 2.92. The Balaban J connectivity index is 0.000000366. The quantitative estimate of drug-likeness (QED) is 0.603. The zero-order chi connectivity index (χ0) is 22.8. The summed E-state index contributed by atoms with van der Waals surface area (Å²) in [5, 5.41) is 28.2. The number of ether oxygens (including phenoxy) is 1. The molecule has 1 fully saturated rings. The molecule has 1 aliphatic rings. The van der Waals surface area contributed by atoms with Gasteiger partial charge in [0.2, 0.25) is 0 Å². The normalized spacial score (nSPS) is 15.2. The van der Waals surface area contributed by atoms with Crippen molar-refractivity contribution in [2.45, 2.75) is 19.1 Å². The number of benzene rings is 2. The highest BCUT2D eigenvalue weighted by atomic mass is 19.1. The van der Waals surface area contributed by atoms with Gasteiger partial charge in [-0.05, 0) is 36.7 Å². The molecule has 162 valence electrons. The van der Waals surface area contributed by atoms with Gasteiger partial charge in [0.1, 0.15) is 11.6 Å². The van der Waals surface area contributed by atoms with Crippen molar-refractivity contribution in [1.82, 2.24) is 5.32 Å². The van der Waals surface area contributed by atoms with E-state index in [0.29, 0.717) is 28.8 Å². The van der Waals surface area contributed by atoms with Gasteiger partial charge in [-0.1, -0.05) is 12.1 Å². The van der Waals surface area contributed by atoms with Crippen LogP contribution in [-0.2, 0) is 20.9 Å². The van der Waals surface area contributed by atoms with E-state index in [1.807, 2.05) is 0 Å². The van der Waals surface area contributed by atoms with Crippen LogP contribution in [0.15, 0.2) is 48.6 Å². The van der Waals surface area contributed by atoms with Crippen LogP contribution in [0.5, 0.6) is 0 Å². The van der Waals surface area contributed by atoms with E-state index < -0.39 is 23.6 Å². The van der Waals surface area contributed by atoms with Crippen molar-refractivity contribution in [3.05, 3.63) is 71.3 Å². The first-order chi connectivity index (χ1) is 14.8. The van der Waals surface area contributed by atoms with E-state index in [0.717, 1.165) is 25.6 Å². The Bertz CT molecular complexity index is 995. The summed E-state index contributed by atoms with van der Waals surface area (Å²) in [6, 6.07) is 10.7. The molecule has 1 heterocycles. The van der Waals surface area contributed by atoms with Crippen molar-refractivity contribution in [1.29, 1.82) is 5.26 Å². The molecule has 2 aromatic rings. The molecule has 0 aliphatic carbocycles. The van der Waals surface area contributed by atoms with Gasteiger partial charge in [0.15, 0.2) is 0 Å². The summed E-state index contributed by atoms with van der Waals surface area (Å²) in [5.41, 5.74) is 1.91. The number of nitrogens with one attached hydrogen (secondary N) is 1. The minimum Gasteiger partial charge on any atom is -0.478 e. The summed E-state index contributed by atoms with van der Waals surface area (Å²) in [7, 11) is 0. The highest BCUT2D eigenvalue weighted by molar-refractivity contribution is 5.89. The summed E-state index contributed by atoms with van der Waals surface area (Å²) in [6.45, 7) is 1.90. The summed E-state index contributed by atoms with van der Waals surface area (Å²) in [5.74, 6) is -3.79. The Morgan fingerprint density at radius 3 is 2.42 bits per heavy atom. The molecule has 0 spiro atoms. The lowest BCUT2D eigenvalue weighted by molar-refractivity contribution is -0.134. The van der Waals surface area contributed by atoms with Crippen molar-refractivity contribution >= 4 is 11.9 Å². The lowest BCUT2D eigenvalue weighted by Gasteiger charge is -2.15. The van der Waals surface area contributed by atoms with Crippen molar-refractivity contribution in [2.24, 2.45) is 0 Å². The van der Waals surface area contributed by atoms with Gasteiger partial charge >= 0.3 is 11.9 Å². The number of nitrogens with zero attached hydrogens (tertiary/aromatic N) is 1. The van der Waals surface area contributed by atoms with Crippen molar-refractivity contribution in [2.75, 3.05) is 13.1 Å². The van der Waals surface area contributed by atoms with Crippen LogP contribution in [0, 0.1) is 23.0 Å². The fourth-order valence-corrected chi connectivity index (χ4v) is 2.92. The number of rotatable bonds is 6. The van der Waals surface area contributed by atoms with Gasteiger partial charge in [-0.3, -0.25) is 0 Å². The summed E-state index contributed by atoms with van der Waals surface area (Å²) in [4.78, 5) is 19.1. The second-order valence-electron chi connectivity index (χ2n) is 6.50. The zero-order valence-electron chi connectivity index (χ0n) is 16.3. The van der Waals surface area contributed by atoms with Gasteiger partial charge in [0.05, 0.1) is 24.3 Å². The van der Waals surface area contributed by atoms with E-state index in [9.17, 15) is 23.6 Å². The van der Waals surface area contributed by atoms with Gasteiger partial charge in [0, 0.05) is 35.9 Å². The van der Waals surface area contributed by atoms with Gasteiger partial charge in [-0.25, -0.2) is 18.4 Å². The van der Waals surface area contributed by atoms with Crippen LogP contribution >= 0.6 is 0 Å². The van der Waals surface area contributed by atoms with Crippen LogP contribution < -0.4 is 5.32 Å². The molecule has 0 saturated carbocycles. The summed E-state index contributed by atoms with van der Waals surface area (Å²) >= 11 is 0. The van der Waals surface area contributed by atoms with E-state index in [-0.39, 0.29) is 18.3 Å². The van der Waals surface area contributed by atoms with Gasteiger partial charge < -0.3 is 20.3 Å². The molecule has 0 radical (unpaired) electrons. The number of carboxylic acid groups (broad SMARTS) is 2. The van der Waals surface area contributed by atoms with E-state index in [1.165, 1.54) is 12.1 Å². The predicted octanol–water partition coefficient (Wildman–Crippen LogP) is 3.09. The first kappa shape index (κ1) is 23.7. The summed E-state index contributed by atoms with van der Waals surface area (Å²) < 4.78 is 33.1. The molecule has 3 N–H and O–H groups in total. The topological polar surface area (TPSA) is 120 Å². The number of hydrogen-bond donors (Lipinski definition) is 3. The summed E-state index contributed by atoms with van der Waals surface area (Å²) in [6.07, 6.45) is 2.12. The molecule has 1 atom stereocenters. The molecule has 1 aliphatic heterocycles. The molecule has 0 bridgehead atoms. The largest absolute Gasteiger partial charge is 0.478 e. The molecule has 0 unspecified atom stereocenters. The number of carbonyl (C=O) groups is 2. The molecule has 0 amide bonds. The zero-order valence-corrected chi connectivity index (χ0v) is 16.3. The van der Waals surface area contributed by atoms with Gasteiger partial charge in [0.25, 0.3) is 0 Å². The van der Waals surface area contributed by atoms with Crippen LogP contribution in [0.4, 0.5) is 8.78 Å². The van der Waals surface area contributed by atoms with Crippen LogP contribution in [0.25, 0.3) is 11.1 Å². The second-order valence-corrected chi connectivity index (χ2v) is 6.50. The van der Waals surface area contributed by atoms with Crippen LogP contribution in [0.2, 0.25) is 0 Å². The van der Waals surface area contributed by atoms with E-state index >= 15 is 0 Å². The smallest absolute Gasteiger partial charge is 0.328 e. The SMILES string of the molecule is N#Cc1cccc(-c2ccc(F)cc2F)c1CO[C@H]1CCNC1.O=C(O)C=CC(=O)O. The molecule has 2 aromatic carbocycles. The average molecular weight is 430 g/mol. The van der Waals surface area contributed by atoms with Gasteiger partial charge in [-0.15, -0.1) is 0 Å². The van der Waals surface area contributed by atoms with E-state index in [4.69, 9.17) is 14.9 Å². The number of hydrogen-bond acceptors (Lipinski definition) is 5. The van der Waals surface area contributed by atoms with Crippen LogP contribution in [-0.4, -0.2) is 41.3 Å². The standard InChI is InChI=1S/C18H16F2N2O.C4H4O4/c19-13-4-5-16(18(20)8-13)15-3-1-2-12(9-21)17(15)11-23-14-6-7-22-10-14;5-3(6)1-2-4(7)8/h1-5,8,14,22H,6-7,10-11H2;1-2H,(H,5,6)(H,7,8)/t14-;/m0./s1. The Labute approximate surface area is 177 Å². The maximum atomic E-state index is 14.1. The Hall–Kier alpha value is -3.61. The minimum atomic E-state index is -1.26. The third-order valence-corrected chi connectivity index (χ3v) is 4.36. The highest BCUT2D eigenvalue weighted by Gasteiger charge is 2.18. The van der Waals surface area contributed by atoms with Crippen molar-refractivity contribution in [3.8, 4) is 17.2 Å². The van der Waals surface area contributed by atoms with Crippen molar-refractivity contribution in [3.63, 3.8) is 0 Å². The first-order valence-electron chi connectivity index (χ1n) is 9.25. The highest BCUT2D eigenvalue weighted by Crippen LogP contribution is 2.30. The van der Waals surface area contributed by atoms with Crippen LogP contribution in [0.1, 0.15) is 17.5 Å². The monoisotopic (exact) mass is 430 g/mol. The molecule has 7 nitrogen and oxygen atoms in total. The fraction of sp³-hybridized carbons (Fsp3) is 0.227. The van der Waals surface area contributed by atoms with Crippen LogP contribution in [0.3, 0.4) is 0 Å². The Morgan fingerprint density at radius 1 is 1.16 bits per heavy atom. The maximum absolute atomic E-state index is 14.1. The minimum absolute atomic E-state index is 0.0904.